The molecular weight excluding hydrogens is 557 g/mol. The van der Waals surface area contributed by atoms with E-state index in [9.17, 15) is 19.1 Å². The summed E-state index contributed by atoms with van der Waals surface area (Å²) in [5, 5.41) is 15.0. The number of anilines is 1. The number of rotatable bonds is 10. The minimum absolute atomic E-state index is 0.0850. The molecule has 2 atom stereocenters. The zero-order chi connectivity index (χ0) is 30.9. The fraction of sp³-hybridized carbons (Fsp3) is 0.333. The van der Waals surface area contributed by atoms with Gasteiger partial charge in [-0.3, -0.25) is 10.1 Å². The van der Waals surface area contributed by atoms with Crippen LogP contribution < -0.4 is 10.6 Å². The van der Waals surface area contributed by atoms with Gasteiger partial charge in [0, 0.05) is 43.9 Å². The van der Waals surface area contributed by atoms with Gasteiger partial charge in [-0.2, -0.15) is 0 Å². The Balaban J connectivity index is 1.00. The maximum absolute atomic E-state index is 13.9. The van der Waals surface area contributed by atoms with Crippen molar-refractivity contribution in [1.29, 1.82) is 0 Å². The number of aromatic hydroxyl groups is 1. The van der Waals surface area contributed by atoms with Crippen LogP contribution in [0.25, 0.3) is 0 Å². The van der Waals surface area contributed by atoms with Gasteiger partial charge in [0.15, 0.2) is 0 Å². The number of nitrogens with one attached hydrogen (secondary N) is 2. The van der Waals surface area contributed by atoms with Gasteiger partial charge in [-0.15, -0.1) is 0 Å². The van der Waals surface area contributed by atoms with E-state index in [0.717, 1.165) is 61.8 Å². The molecule has 0 bridgehead atoms. The van der Waals surface area contributed by atoms with Gasteiger partial charge in [0.1, 0.15) is 17.7 Å². The van der Waals surface area contributed by atoms with E-state index in [-0.39, 0.29) is 23.3 Å². The number of allylic oxidation sites excluding steroid dienone is 4. The number of para-hydroxylation sites is 1. The van der Waals surface area contributed by atoms with Gasteiger partial charge in [-0.05, 0) is 66.5 Å². The topological polar surface area (TPSA) is 90.9 Å². The summed E-state index contributed by atoms with van der Waals surface area (Å²) in [5.74, 6) is -0.888. The number of hydrogen-bond donors (Lipinski definition) is 3. The van der Waals surface area contributed by atoms with Gasteiger partial charge in [-0.1, -0.05) is 73.7 Å². The number of nitrogens with zero attached hydrogens (tertiary/aromatic N) is 1. The van der Waals surface area contributed by atoms with Crippen LogP contribution in [0, 0.1) is 11.7 Å². The molecule has 1 aliphatic heterocycles. The normalized spacial score (nSPS) is 18.6. The molecule has 8 heteroatoms. The van der Waals surface area contributed by atoms with Crippen LogP contribution in [0.3, 0.4) is 0 Å². The molecule has 0 aromatic heterocycles. The molecule has 7 nitrogen and oxygen atoms in total. The number of benzene rings is 3. The first kappa shape index (κ1) is 31.0. The number of amides is 2. The van der Waals surface area contributed by atoms with Crippen molar-refractivity contribution < 1.29 is 23.8 Å². The summed E-state index contributed by atoms with van der Waals surface area (Å²) in [6.45, 7) is 5.25. The van der Waals surface area contributed by atoms with Crippen molar-refractivity contribution in [3.8, 4) is 5.75 Å². The van der Waals surface area contributed by atoms with Crippen LogP contribution in [-0.4, -0.2) is 54.3 Å². The molecule has 0 radical (unpaired) electrons. The largest absolute Gasteiger partial charge is 0.508 e. The Labute approximate surface area is 258 Å². The number of ether oxygens (including phenoxy) is 1. The van der Waals surface area contributed by atoms with Crippen LogP contribution in [0.5, 0.6) is 5.75 Å². The molecule has 1 heterocycles. The molecule has 0 spiro atoms. The first-order chi connectivity index (χ1) is 21.4. The Morgan fingerprint density at radius 1 is 0.955 bits per heavy atom. The lowest BCUT2D eigenvalue weighted by atomic mass is 9.83. The Morgan fingerprint density at radius 2 is 1.66 bits per heavy atom. The van der Waals surface area contributed by atoms with Gasteiger partial charge in [-0.25, -0.2) is 9.18 Å². The molecule has 1 aliphatic carbocycles. The van der Waals surface area contributed by atoms with E-state index in [0.29, 0.717) is 18.9 Å². The van der Waals surface area contributed by atoms with Gasteiger partial charge < -0.3 is 20.1 Å². The van der Waals surface area contributed by atoms with E-state index in [1.54, 1.807) is 0 Å². The van der Waals surface area contributed by atoms with Crippen molar-refractivity contribution in [2.75, 3.05) is 31.5 Å². The van der Waals surface area contributed by atoms with Gasteiger partial charge in [0.25, 0.3) is 5.91 Å². The lowest BCUT2D eigenvalue weighted by Crippen LogP contribution is -2.39. The molecular formula is C36H40FN3O4. The van der Waals surface area contributed by atoms with E-state index >= 15 is 0 Å². The fourth-order valence-corrected chi connectivity index (χ4v) is 5.81. The zero-order valence-electron chi connectivity index (χ0n) is 25.0. The maximum Gasteiger partial charge on any atom is 0.411 e. The number of halogens is 1. The predicted octanol–water partition coefficient (Wildman–Crippen LogP) is 6.61. The van der Waals surface area contributed by atoms with E-state index < -0.39 is 17.8 Å². The fourth-order valence-electron chi connectivity index (χ4n) is 5.81. The molecule has 1 fully saturated rings. The number of carbonyl (C=O) groups excluding carboxylic acids is 2. The van der Waals surface area contributed by atoms with Crippen LogP contribution in [-0.2, 0) is 17.6 Å². The van der Waals surface area contributed by atoms with Crippen LogP contribution in [0.2, 0.25) is 0 Å². The lowest BCUT2D eigenvalue weighted by Gasteiger charge is -2.31. The van der Waals surface area contributed by atoms with Crippen molar-refractivity contribution in [2.45, 2.75) is 44.6 Å². The summed E-state index contributed by atoms with van der Waals surface area (Å²) < 4.78 is 19.7. The molecule has 44 heavy (non-hydrogen) atoms. The third kappa shape index (κ3) is 8.35. The van der Waals surface area contributed by atoms with Crippen molar-refractivity contribution >= 4 is 17.7 Å². The summed E-state index contributed by atoms with van der Waals surface area (Å²) in [5.41, 5.74) is 4.12. The summed E-state index contributed by atoms with van der Waals surface area (Å²) in [6, 6.07) is 19.8. The number of phenols is 1. The Bertz CT molecular complexity index is 1500. The highest BCUT2D eigenvalue weighted by molar-refractivity contribution is 5.94. The summed E-state index contributed by atoms with van der Waals surface area (Å²) in [6.07, 6.45) is 11.1. The predicted molar refractivity (Wildman–Crippen MR) is 170 cm³/mol. The Hall–Kier alpha value is -4.43. The van der Waals surface area contributed by atoms with E-state index in [1.165, 1.54) is 17.7 Å². The highest BCUT2D eigenvalue weighted by atomic mass is 19.1. The molecule has 0 saturated carbocycles. The zero-order valence-corrected chi connectivity index (χ0v) is 25.0. The van der Waals surface area contributed by atoms with E-state index in [2.05, 4.69) is 77.1 Å². The SMILES string of the molecule is CC1C=CC=CC1c1ccccc1NC(=O)OC1CCN(CCc2ccc(CCNC(=O)c3ccc(O)cc3F)cc2)CC1. The minimum Gasteiger partial charge on any atom is -0.508 e. The summed E-state index contributed by atoms with van der Waals surface area (Å²) in [7, 11) is 0. The molecule has 230 valence electrons. The summed E-state index contributed by atoms with van der Waals surface area (Å²) in [4.78, 5) is 27.4. The van der Waals surface area contributed by atoms with Gasteiger partial charge in [0.05, 0.1) is 5.56 Å². The third-order valence-electron chi connectivity index (χ3n) is 8.41. The van der Waals surface area contributed by atoms with Crippen molar-refractivity contribution in [2.24, 2.45) is 5.92 Å². The number of hydrogen-bond acceptors (Lipinski definition) is 5. The van der Waals surface area contributed by atoms with Crippen LogP contribution in [0.1, 0.15) is 52.7 Å². The average molecular weight is 598 g/mol. The lowest BCUT2D eigenvalue weighted by molar-refractivity contribution is 0.0593. The molecule has 2 amide bonds. The quantitative estimate of drug-likeness (QED) is 0.245. The third-order valence-corrected chi connectivity index (χ3v) is 8.41. The molecule has 3 N–H and O–H groups in total. The highest BCUT2D eigenvalue weighted by Gasteiger charge is 2.24. The molecule has 3 aromatic carbocycles. The van der Waals surface area contributed by atoms with Gasteiger partial charge >= 0.3 is 6.09 Å². The molecule has 5 rings (SSSR count). The summed E-state index contributed by atoms with van der Waals surface area (Å²) >= 11 is 0. The van der Waals surface area contributed by atoms with Crippen molar-refractivity contribution in [1.82, 2.24) is 10.2 Å². The minimum atomic E-state index is -0.744. The Kier molecular flexibility index (Phi) is 10.5. The first-order valence-corrected chi connectivity index (χ1v) is 15.3. The maximum atomic E-state index is 13.9. The second-order valence-electron chi connectivity index (χ2n) is 11.5. The van der Waals surface area contributed by atoms with Crippen LogP contribution in [0.4, 0.5) is 14.9 Å². The number of carbonyl (C=O) groups is 2. The van der Waals surface area contributed by atoms with Crippen LogP contribution in [0.15, 0.2) is 91.0 Å². The molecule has 3 aromatic rings. The average Bonchev–Trinajstić information content (AvgIpc) is 3.02. The van der Waals surface area contributed by atoms with Crippen molar-refractivity contribution in [3.63, 3.8) is 0 Å². The highest BCUT2D eigenvalue weighted by Crippen LogP contribution is 2.34. The first-order valence-electron chi connectivity index (χ1n) is 15.3. The monoisotopic (exact) mass is 597 g/mol. The van der Waals surface area contributed by atoms with Crippen molar-refractivity contribution in [3.05, 3.63) is 119 Å². The molecule has 2 unspecified atom stereocenters. The second-order valence-corrected chi connectivity index (χ2v) is 11.5. The number of likely N-dealkylation sites (tertiary alicyclic amines) is 1. The number of phenolic OH excluding ortho intramolecular Hbond substituents is 1. The Morgan fingerprint density at radius 3 is 2.39 bits per heavy atom. The standard InChI is InChI=1S/C36H40FN3O4/c1-25-6-2-3-7-30(25)31-8-4-5-9-34(31)39-36(43)44-29-18-22-40(23-19-29)21-17-27-12-10-26(11-13-27)16-20-38-35(42)32-15-14-28(41)24-33(32)37/h2-15,24-25,29-30,41H,16-23H2,1H3,(H,38,42)(H,39,43). The smallest absolute Gasteiger partial charge is 0.411 e. The number of piperidine rings is 1. The molecule has 2 aliphatic rings. The second kappa shape index (κ2) is 14.8. The van der Waals surface area contributed by atoms with E-state index in [4.69, 9.17) is 4.74 Å². The van der Waals surface area contributed by atoms with Gasteiger partial charge in [0.2, 0.25) is 0 Å². The van der Waals surface area contributed by atoms with Crippen LogP contribution >= 0.6 is 0 Å². The molecule has 1 saturated heterocycles. The van der Waals surface area contributed by atoms with E-state index in [1.807, 2.05) is 18.2 Å².